The summed E-state index contributed by atoms with van der Waals surface area (Å²) >= 11 is 0. The Morgan fingerprint density at radius 2 is 1.76 bits per heavy atom. The van der Waals surface area contributed by atoms with Gasteiger partial charge in [-0.25, -0.2) is 4.99 Å². The van der Waals surface area contributed by atoms with Gasteiger partial charge in [-0.15, -0.1) is 24.0 Å². The standard InChI is InChI=1S/C24H31N5O3.HI/c1-2-25-24(28-14-12-27(13-15-28)23(31)21-9-6-16-32-21)26-17-19-7-3-4-8-20(19)18-29-11-5-10-22(29)30;/h3-4,6-9,16H,2,5,10-15,17-18H2,1H3,(H,25,26);1H. The quantitative estimate of drug-likeness (QED) is 0.331. The molecule has 2 aromatic rings. The fourth-order valence-electron chi connectivity index (χ4n) is 4.21. The smallest absolute Gasteiger partial charge is 0.289 e. The molecule has 2 saturated heterocycles. The lowest BCUT2D eigenvalue weighted by Crippen LogP contribution is -2.53. The highest BCUT2D eigenvalue weighted by Gasteiger charge is 2.25. The van der Waals surface area contributed by atoms with Crippen LogP contribution in [-0.2, 0) is 17.9 Å². The molecular formula is C24H32IN5O3. The van der Waals surface area contributed by atoms with Crippen molar-refractivity contribution in [2.45, 2.75) is 32.9 Å². The molecule has 3 heterocycles. The van der Waals surface area contributed by atoms with Gasteiger partial charge in [0.1, 0.15) is 0 Å². The molecule has 0 unspecified atom stereocenters. The number of likely N-dealkylation sites (tertiary alicyclic amines) is 1. The summed E-state index contributed by atoms with van der Waals surface area (Å²) in [6.07, 6.45) is 3.12. The summed E-state index contributed by atoms with van der Waals surface area (Å²) in [7, 11) is 0. The number of nitrogens with one attached hydrogen (secondary N) is 1. The minimum atomic E-state index is -0.0676. The van der Waals surface area contributed by atoms with Gasteiger partial charge in [-0.2, -0.15) is 0 Å². The van der Waals surface area contributed by atoms with E-state index in [1.54, 1.807) is 12.1 Å². The van der Waals surface area contributed by atoms with Gasteiger partial charge >= 0.3 is 0 Å². The van der Waals surface area contributed by atoms with Crippen LogP contribution < -0.4 is 5.32 Å². The molecule has 33 heavy (non-hydrogen) atoms. The summed E-state index contributed by atoms with van der Waals surface area (Å²) in [5.74, 6) is 1.40. The summed E-state index contributed by atoms with van der Waals surface area (Å²) in [6.45, 7) is 7.52. The number of nitrogens with zero attached hydrogens (tertiary/aromatic N) is 4. The van der Waals surface area contributed by atoms with E-state index in [1.165, 1.54) is 6.26 Å². The third-order valence-electron chi connectivity index (χ3n) is 5.98. The predicted octanol–water partition coefficient (Wildman–Crippen LogP) is 2.94. The maximum Gasteiger partial charge on any atom is 0.289 e. The van der Waals surface area contributed by atoms with E-state index in [4.69, 9.17) is 9.41 Å². The van der Waals surface area contributed by atoms with Crippen molar-refractivity contribution in [3.05, 3.63) is 59.5 Å². The number of halogens is 1. The van der Waals surface area contributed by atoms with Crippen molar-refractivity contribution < 1.29 is 14.0 Å². The summed E-state index contributed by atoms with van der Waals surface area (Å²) in [5, 5.41) is 3.38. The highest BCUT2D eigenvalue weighted by Crippen LogP contribution is 2.18. The van der Waals surface area contributed by atoms with E-state index >= 15 is 0 Å². The number of hydrogen-bond donors (Lipinski definition) is 1. The minimum Gasteiger partial charge on any atom is -0.459 e. The van der Waals surface area contributed by atoms with E-state index in [2.05, 4.69) is 29.3 Å². The molecule has 1 N–H and O–H groups in total. The van der Waals surface area contributed by atoms with Gasteiger partial charge in [0, 0.05) is 52.2 Å². The van der Waals surface area contributed by atoms with E-state index in [-0.39, 0.29) is 35.8 Å². The van der Waals surface area contributed by atoms with Gasteiger partial charge in [-0.3, -0.25) is 9.59 Å². The maximum atomic E-state index is 12.5. The molecule has 8 nitrogen and oxygen atoms in total. The molecule has 9 heteroatoms. The van der Waals surface area contributed by atoms with Gasteiger partial charge in [-0.05, 0) is 36.6 Å². The second-order valence-corrected chi connectivity index (χ2v) is 8.11. The van der Waals surface area contributed by atoms with Crippen molar-refractivity contribution in [3.8, 4) is 0 Å². The summed E-state index contributed by atoms with van der Waals surface area (Å²) < 4.78 is 5.25. The predicted molar refractivity (Wildman–Crippen MR) is 138 cm³/mol. The average molecular weight is 565 g/mol. The van der Waals surface area contributed by atoms with Crippen molar-refractivity contribution >= 4 is 41.8 Å². The number of benzene rings is 1. The van der Waals surface area contributed by atoms with Crippen LogP contribution in [0.2, 0.25) is 0 Å². The molecule has 2 amide bonds. The highest BCUT2D eigenvalue weighted by molar-refractivity contribution is 14.0. The number of piperazine rings is 1. The van der Waals surface area contributed by atoms with Crippen molar-refractivity contribution in [1.82, 2.24) is 20.0 Å². The zero-order valence-corrected chi connectivity index (χ0v) is 21.4. The SMILES string of the molecule is CCNC(=NCc1ccccc1CN1CCCC1=O)N1CCN(C(=O)c2ccco2)CC1.I. The first-order valence-corrected chi connectivity index (χ1v) is 11.4. The van der Waals surface area contributed by atoms with Gasteiger partial charge in [0.15, 0.2) is 11.7 Å². The van der Waals surface area contributed by atoms with Crippen LogP contribution in [0, 0.1) is 0 Å². The van der Waals surface area contributed by atoms with Gasteiger partial charge in [0.05, 0.1) is 12.8 Å². The maximum absolute atomic E-state index is 12.5. The lowest BCUT2D eigenvalue weighted by Gasteiger charge is -2.36. The number of amides is 2. The van der Waals surface area contributed by atoms with Crippen LogP contribution in [0.4, 0.5) is 0 Å². The number of aliphatic imine (C=N–C) groups is 1. The molecule has 1 aromatic heterocycles. The second-order valence-electron chi connectivity index (χ2n) is 8.11. The Morgan fingerprint density at radius 3 is 2.39 bits per heavy atom. The van der Waals surface area contributed by atoms with Crippen molar-refractivity contribution in [2.75, 3.05) is 39.3 Å². The number of hydrogen-bond acceptors (Lipinski definition) is 4. The fraction of sp³-hybridized carbons (Fsp3) is 0.458. The monoisotopic (exact) mass is 565 g/mol. The van der Waals surface area contributed by atoms with Crippen molar-refractivity contribution in [3.63, 3.8) is 0 Å². The van der Waals surface area contributed by atoms with Crippen LogP contribution in [0.15, 0.2) is 52.1 Å². The molecule has 0 aliphatic carbocycles. The number of guanidine groups is 1. The van der Waals surface area contributed by atoms with Crippen LogP contribution in [0.5, 0.6) is 0 Å². The van der Waals surface area contributed by atoms with Crippen molar-refractivity contribution in [2.24, 2.45) is 4.99 Å². The third kappa shape index (κ3) is 6.27. The van der Waals surface area contributed by atoms with Crippen LogP contribution in [0.3, 0.4) is 0 Å². The first-order chi connectivity index (χ1) is 15.7. The van der Waals surface area contributed by atoms with Crippen LogP contribution in [0.1, 0.15) is 41.4 Å². The number of rotatable bonds is 6. The molecular weight excluding hydrogens is 533 g/mol. The van der Waals surface area contributed by atoms with E-state index in [0.717, 1.165) is 36.6 Å². The van der Waals surface area contributed by atoms with E-state index in [1.807, 2.05) is 21.9 Å². The molecule has 0 radical (unpaired) electrons. The topological polar surface area (TPSA) is 81.4 Å². The lowest BCUT2D eigenvalue weighted by molar-refractivity contribution is -0.128. The Bertz CT molecular complexity index is 955. The van der Waals surface area contributed by atoms with E-state index in [0.29, 0.717) is 51.4 Å². The largest absolute Gasteiger partial charge is 0.459 e. The van der Waals surface area contributed by atoms with Crippen molar-refractivity contribution in [1.29, 1.82) is 0 Å². The number of carbonyl (C=O) groups is 2. The van der Waals surface area contributed by atoms with Crippen LogP contribution in [0.25, 0.3) is 0 Å². The van der Waals surface area contributed by atoms with Crippen LogP contribution >= 0.6 is 24.0 Å². The zero-order chi connectivity index (χ0) is 22.3. The Kier molecular flexibility index (Phi) is 9.16. The average Bonchev–Trinajstić information content (AvgIpc) is 3.50. The molecule has 2 aliphatic rings. The highest BCUT2D eigenvalue weighted by atomic mass is 127. The molecule has 0 saturated carbocycles. The Labute approximate surface area is 212 Å². The Morgan fingerprint density at radius 1 is 1.03 bits per heavy atom. The minimum absolute atomic E-state index is 0. The van der Waals surface area contributed by atoms with Gasteiger partial charge in [-0.1, -0.05) is 24.3 Å². The zero-order valence-electron chi connectivity index (χ0n) is 19.0. The molecule has 0 atom stereocenters. The summed E-state index contributed by atoms with van der Waals surface area (Å²) in [5.41, 5.74) is 2.28. The molecule has 178 valence electrons. The fourth-order valence-corrected chi connectivity index (χ4v) is 4.21. The van der Waals surface area contributed by atoms with Gasteiger partial charge in [0.2, 0.25) is 5.91 Å². The van der Waals surface area contributed by atoms with Gasteiger partial charge in [0.25, 0.3) is 5.91 Å². The van der Waals surface area contributed by atoms with Crippen LogP contribution in [-0.4, -0.2) is 71.7 Å². The Balaban J connectivity index is 0.00000306. The van der Waals surface area contributed by atoms with E-state index in [9.17, 15) is 9.59 Å². The lowest BCUT2D eigenvalue weighted by atomic mass is 10.1. The normalized spacial score (nSPS) is 16.7. The Hall–Kier alpha value is -2.56. The second kappa shape index (κ2) is 12.1. The molecule has 2 fully saturated rings. The first-order valence-electron chi connectivity index (χ1n) is 11.4. The summed E-state index contributed by atoms with van der Waals surface area (Å²) in [4.78, 5) is 35.4. The number of furan rings is 1. The molecule has 0 bridgehead atoms. The summed E-state index contributed by atoms with van der Waals surface area (Å²) in [6, 6.07) is 11.6. The molecule has 4 rings (SSSR count). The molecule has 1 aromatic carbocycles. The van der Waals surface area contributed by atoms with Gasteiger partial charge < -0.3 is 24.4 Å². The number of carbonyl (C=O) groups excluding carboxylic acids is 2. The third-order valence-corrected chi connectivity index (χ3v) is 5.98. The van der Waals surface area contributed by atoms with E-state index < -0.39 is 0 Å². The first kappa shape index (κ1) is 25.1. The molecule has 0 spiro atoms. The molecule has 2 aliphatic heterocycles.